The number of nitrogens with one attached hydrogen (secondary N) is 1. The van der Waals surface area contributed by atoms with Crippen LogP contribution < -0.4 is 14.8 Å². The van der Waals surface area contributed by atoms with Gasteiger partial charge in [-0.3, -0.25) is 14.9 Å². The number of aromatic nitrogens is 2. The predicted molar refractivity (Wildman–Crippen MR) is 128 cm³/mol. The normalized spacial score (nSPS) is 10.8. The number of nitro benzene ring substituents is 1. The number of carbonyl (C=O) groups is 1. The van der Waals surface area contributed by atoms with Crippen LogP contribution in [0.1, 0.15) is 17.0 Å². The summed E-state index contributed by atoms with van der Waals surface area (Å²) >= 11 is 0. The average molecular weight is 460 g/mol. The molecule has 0 fully saturated rings. The lowest BCUT2D eigenvalue weighted by Gasteiger charge is -2.13. The molecule has 0 atom stereocenters. The zero-order valence-corrected chi connectivity index (χ0v) is 19.1. The average Bonchev–Trinajstić information content (AvgIpc) is 3.16. The van der Waals surface area contributed by atoms with E-state index in [1.165, 1.54) is 19.2 Å². The van der Waals surface area contributed by atoms with Crippen molar-refractivity contribution in [3.8, 4) is 11.5 Å². The minimum Gasteiger partial charge on any atom is -0.490 e. The molecule has 1 N–H and O–H groups in total. The van der Waals surface area contributed by atoms with Gasteiger partial charge in [-0.05, 0) is 43.7 Å². The van der Waals surface area contributed by atoms with Gasteiger partial charge in [0.15, 0.2) is 5.75 Å². The van der Waals surface area contributed by atoms with Crippen LogP contribution in [0.3, 0.4) is 0 Å². The van der Waals surface area contributed by atoms with Gasteiger partial charge in [-0.1, -0.05) is 29.8 Å². The van der Waals surface area contributed by atoms with Gasteiger partial charge in [0, 0.05) is 17.8 Å². The molecular formula is C25H24N4O5. The first kappa shape index (κ1) is 22.8. The van der Waals surface area contributed by atoms with Gasteiger partial charge in [0.2, 0.25) is 5.91 Å². The van der Waals surface area contributed by atoms with Crippen LogP contribution in [-0.2, 0) is 17.9 Å². The third-order valence-electron chi connectivity index (χ3n) is 5.42. The van der Waals surface area contributed by atoms with Crippen LogP contribution in [0.2, 0.25) is 0 Å². The fraction of sp³-hybridized carbons (Fsp3) is 0.200. The number of fused-ring (bicyclic) bond motifs is 1. The van der Waals surface area contributed by atoms with E-state index in [9.17, 15) is 14.9 Å². The maximum atomic E-state index is 13.0. The van der Waals surface area contributed by atoms with E-state index in [2.05, 4.69) is 10.3 Å². The number of nitrogens with zero attached hydrogens (tertiary/aromatic N) is 3. The highest BCUT2D eigenvalue weighted by atomic mass is 16.6. The number of hydrogen-bond acceptors (Lipinski definition) is 6. The summed E-state index contributed by atoms with van der Waals surface area (Å²) in [6, 6.07) is 18.1. The number of imidazole rings is 1. The van der Waals surface area contributed by atoms with Gasteiger partial charge in [-0.2, -0.15) is 0 Å². The highest BCUT2D eigenvalue weighted by Gasteiger charge is 2.19. The van der Waals surface area contributed by atoms with E-state index >= 15 is 0 Å². The monoisotopic (exact) mass is 460 g/mol. The minimum atomic E-state index is -0.518. The molecule has 4 aromatic rings. The number of nitro groups is 1. The van der Waals surface area contributed by atoms with Crippen molar-refractivity contribution in [3.63, 3.8) is 0 Å². The van der Waals surface area contributed by atoms with Crippen LogP contribution in [0.15, 0.2) is 60.7 Å². The lowest BCUT2D eigenvalue weighted by atomic mass is 10.1. The Bertz CT molecular complexity index is 1360. The van der Waals surface area contributed by atoms with Gasteiger partial charge in [-0.15, -0.1) is 0 Å². The Hall–Kier alpha value is -4.40. The van der Waals surface area contributed by atoms with Crippen molar-refractivity contribution in [1.82, 2.24) is 9.55 Å². The maximum absolute atomic E-state index is 13.0. The van der Waals surface area contributed by atoms with Crippen molar-refractivity contribution < 1.29 is 19.2 Å². The Balaban J connectivity index is 1.57. The van der Waals surface area contributed by atoms with Crippen LogP contribution in [0, 0.1) is 24.0 Å². The highest BCUT2D eigenvalue weighted by molar-refractivity contribution is 5.93. The fourth-order valence-corrected chi connectivity index (χ4v) is 3.64. The summed E-state index contributed by atoms with van der Waals surface area (Å²) in [6.45, 7) is 3.88. The van der Waals surface area contributed by atoms with E-state index in [1.54, 1.807) is 11.5 Å². The fourth-order valence-electron chi connectivity index (χ4n) is 3.64. The molecule has 1 heterocycles. The van der Waals surface area contributed by atoms with Crippen molar-refractivity contribution in [3.05, 3.63) is 87.7 Å². The molecule has 34 heavy (non-hydrogen) atoms. The van der Waals surface area contributed by atoms with E-state index in [1.807, 2.05) is 55.5 Å². The summed E-state index contributed by atoms with van der Waals surface area (Å²) in [7, 11) is 1.35. The van der Waals surface area contributed by atoms with Gasteiger partial charge in [0.25, 0.3) is 0 Å². The SMILES string of the molecule is COc1cc(NC(=O)Cn2c(COc3ccc(C)cc3)nc3ccccc32)c(C)cc1[N+](=O)[O-]. The molecule has 1 amide bonds. The van der Waals surface area contributed by atoms with Gasteiger partial charge in [0.1, 0.15) is 24.7 Å². The van der Waals surface area contributed by atoms with E-state index in [-0.39, 0.29) is 30.5 Å². The minimum absolute atomic E-state index is 0.00809. The number of para-hydroxylation sites is 2. The predicted octanol–water partition coefficient (Wildman–Crippen LogP) is 4.79. The Morgan fingerprint density at radius 1 is 1.12 bits per heavy atom. The smallest absolute Gasteiger partial charge is 0.311 e. The number of carbonyl (C=O) groups excluding carboxylic acids is 1. The van der Waals surface area contributed by atoms with Crippen molar-refractivity contribution in [2.75, 3.05) is 12.4 Å². The summed E-state index contributed by atoms with van der Waals surface area (Å²) in [5.41, 5.74) is 3.53. The number of amides is 1. The first-order valence-corrected chi connectivity index (χ1v) is 10.6. The molecule has 0 saturated carbocycles. The molecule has 9 heteroatoms. The second-order valence-corrected chi connectivity index (χ2v) is 7.85. The molecule has 0 unspecified atom stereocenters. The lowest BCUT2D eigenvalue weighted by Crippen LogP contribution is -2.21. The van der Waals surface area contributed by atoms with Gasteiger partial charge in [-0.25, -0.2) is 4.98 Å². The molecule has 0 spiro atoms. The van der Waals surface area contributed by atoms with Crippen LogP contribution >= 0.6 is 0 Å². The van der Waals surface area contributed by atoms with Crippen molar-refractivity contribution >= 4 is 28.3 Å². The zero-order chi connectivity index (χ0) is 24.2. The molecule has 9 nitrogen and oxygen atoms in total. The third-order valence-corrected chi connectivity index (χ3v) is 5.42. The van der Waals surface area contributed by atoms with Crippen molar-refractivity contribution in [2.45, 2.75) is 27.0 Å². The second kappa shape index (κ2) is 9.62. The second-order valence-electron chi connectivity index (χ2n) is 7.85. The Morgan fingerprint density at radius 2 is 1.85 bits per heavy atom. The van der Waals surface area contributed by atoms with E-state index in [0.29, 0.717) is 22.8 Å². The summed E-state index contributed by atoms with van der Waals surface area (Å²) in [5.74, 6) is 1.09. The Kier molecular flexibility index (Phi) is 6.44. The van der Waals surface area contributed by atoms with Gasteiger partial charge in [0.05, 0.1) is 23.1 Å². The summed E-state index contributed by atoms with van der Waals surface area (Å²) in [4.78, 5) is 28.3. The number of rotatable bonds is 8. The molecule has 3 aromatic carbocycles. The zero-order valence-electron chi connectivity index (χ0n) is 19.1. The highest BCUT2D eigenvalue weighted by Crippen LogP contribution is 2.32. The van der Waals surface area contributed by atoms with Crippen LogP contribution in [0.4, 0.5) is 11.4 Å². The number of aryl methyl sites for hydroxylation is 2. The quantitative estimate of drug-likeness (QED) is 0.299. The lowest BCUT2D eigenvalue weighted by molar-refractivity contribution is -0.385. The van der Waals surface area contributed by atoms with Crippen LogP contribution in [0.25, 0.3) is 11.0 Å². The molecule has 0 aliphatic rings. The Labute approximate surface area is 196 Å². The molecule has 0 saturated heterocycles. The molecule has 0 aliphatic carbocycles. The molecule has 0 bridgehead atoms. The van der Waals surface area contributed by atoms with Crippen molar-refractivity contribution in [1.29, 1.82) is 0 Å². The van der Waals surface area contributed by atoms with E-state index < -0.39 is 4.92 Å². The number of ether oxygens (including phenoxy) is 2. The van der Waals surface area contributed by atoms with E-state index in [4.69, 9.17) is 9.47 Å². The Morgan fingerprint density at radius 3 is 2.56 bits per heavy atom. The first-order chi connectivity index (χ1) is 16.4. The molecular weight excluding hydrogens is 436 g/mol. The summed E-state index contributed by atoms with van der Waals surface area (Å²) < 4.78 is 12.8. The van der Waals surface area contributed by atoms with E-state index in [0.717, 1.165) is 16.6 Å². The molecule has 0 radical (unpaired) electrons. The van der Waals surface area contributed by atoms with Crippen LogP contribution in [0.5, 0.6) is 11.5 Å². The topological polar surface area (TPSA) is 109 Å². The molecule has 1 aromatic heterocycles. The molecule has 4 rings (SSSR count). The number of benzene rings is 3. The van der Waals surface area contributed by atoms with Crippen LogP contribution in [-0.4, -0.2) is 27.5 Å². The van der Waals surface area contributed by atoms with Crippen molar-refractivity contribution in [2.24, 2.45) is 0 Å². The number of methoxy groups -OCH3 is 1. The number of anilines is 1. The summed E-state index contributed by atoms with van der Waals surface area (Å²) in [6.07, 6.45) is 0. The maximum Gasteiger partial charge on any atom is 0.311 e. The van der Waals surface area contributed by atoms with Gasteiger partial charge < -0.3 is 19.4 Å². The standard InChI is InChI=1S/C25H24N4O5/c1-16-8-10-18(11-9-16)34-15-24-26-19-6-4-5-7-21(19)28(24)14-25(30)27-20-13-23(33-3)22(29(31)32)12-17(20)2/h4-13H,14-15H2,1-3H3,(H,27,30). The largest absolute Gasteiger partial charge is 0.490 e. The molecule has 0 aliphatic heterocycles. The summed E-state index contributed by atoms with van der Waals surface area (Å²) in [5, 5.41) is 14.1. The number of hydrogen-bond donors (Lipinski definition) is 1. The molecule has 174 valence electrons. The third kappa shape index (κ3) is 4.83. The first-order valence-electron chi connectivity index (χ1n) is 10.6. The van der Waals surface area contributed by atoms with Gasteiger partial charge >= 0.3 is 5.69 Å².